The fourth-order valence-electron chi connectivity index (χ4n) is 3.72. The second kappa shape index (κ2) is 9.51. The van der Waals surface area contributed by atoms with Crippen LogP contribution in [0, 0.1) is 11.6 Å². The molecule has 3 nitrogen and oxygen atoms in total. The highest BCUT2D eigenvalue weighted by Gasteiger charge is 2.60. The molecule has 2 aromatic carbocycles. The van der Waals surface area contributed by atoms with Gasteiger partial charge in [-0.15, -0.1) is 23.5 Å². The van der Waals surface area contributed by atoms with Gasteiger partial charge >= 0.3 is 6.18 Å². The van der Waals surface area contributed by atoms with E-state index in [4.69, 9.17) is 4.74 Å². The minimum absolute atomic E-state index is 0.0299. The summed E-state index contributed by atoms with van der Waals surface area (Å²) in [5.74, 6) is -3.82. The summed E-state index contributed by atoms with van der Waals surface area (Å²) in [4.78, 5) is 14.0. The quantitative estimate of drug-likeness (QED) is 0.363. The Bertz CT molecular complexity index is 1000. The average molecular weight is 492 g/mol. The molecule has 1 fully saturated rings. The van der Waals surface area contributed by atoms with Crippen molar-refractivity contribution in [1.82, 2.24) is 0 Å². The number of ether oxygens (including phenoxy) is 1. The molecule has 1 amide bonds. The highest BCUT2D eigenvalue weighted by Crippen LogP contribution is 2.59. The zero-order valence-electron chi connectivity index (χ0n) is 17.6. The molecule has 0 saturated carbocycles. The normalized spacial score (nSPS) is 23.2. The average Bonchev–Trinajstić information content (AvgIpc) is 3.09. The lowest BCUT2D eigenvalue weighted by Gasteiger charge is -2.26. The number of amides is 1. The molecule has 174 valence electrons. The van der Waals surface area contributed by atoms with Gasteiger partial charge in [0.1, 0.15) is 4.75 Å². The molecule has 1 N–H and O–H groups in total. The van der Waals surface area contributed by atoms with Gasteiger partial charge in [0, 0.05) is 22.1 Å². The van der Waals surface area contributed by atoms with Crippen LogP contribution >= 0.6 is 23.5 Å². The Morgan fingerprint density at radius 1 is 1.28 bits per heavy atom. The van der Waals surface area contributed by atoms with Gasteiger partial charge in [0.2, 0.25) is 11.7 Å². The first kappa shape index (κ1) is 24.7. The molecule has 0 spiro atoms. The molecule has 1 aliphatic heterocycles. The number of hydrogen-bond donors (Lipinski definition) is 1. The van der Waals surface area contributed by atoms with Gasteiger partial charge in [-0.3, -0.25) is 4.79 Å². The van der Waals surface area contributed by atoms with Gasteiger partial charge in [-0.1, -0.05) is 19.1 Å². The maximum Gasteiger partial charge on any atom is 0.403 e. The second-order valence-electron chi connectivity index (χ2n) is 7.51. The molecule has 0 radical (unpaired) electrons. The summed E-state index contributed by atoms with van der Waals surface area (Å²) in [6.45, 7) is 2.99. The standard InChI is InChI=1S/C22H22F5NO2S2/c1-4-31-13-7-5-6-12(10-13)28-20(29)19-15(11-21(2,32-19)22(25,26)27)14-8-9-16(23)17(24)18(14)30-3/h5-10,15,19H,4,11H2,1-3H3,(H,28,29)/t15-,19+,21+/m0/s1. The number of halogens is 5. The fraction of sp³-hybridized carbons (Fsp3) is 0.409. The topological polar surface area (TPSA) is 38.3 Å². The Morgan fingerprint density at radius 2 is 2.00 bits per heavy atom. The minimum atomic E-state index is -4.60. The van der Waals surface area contributed by atoms with Crippen molar-refractivity contribution in [3.8, 4) is 5.75 Å². The maximum atomic E-state index is 14.3. The van der Waals surface area contributed by atoms with Crippen LogP contribution in [0.1, 0.15) is 31.7 Å². The molecule has 2 aromatic rings. The maximum absolute atomic E-state index is 14.3. The summed E-state index contributed by atoms with van der Waals surface area (Å²) in [5, 5.41) is 1.49. The molecule has 0 aliphatic carbocycles. The Labute approximate surface area is 191 Å². The number of methoxy groups -OCH3 is 1. The van der Waals surface area contributed by atoms with E-state index in [1.807, 2.05) is 13.0 Å². The van der Waals surface area contributed by atoms with Gasteiger partial charge < -0.3 is 10.1 Å². The first-order valence-corrected chi connectivity index (χ1v) is 11.7. The smallest absolute Gasteiger partial charge is 0.403 e. The monoisotopic (exact) mass is 491 g/mol. The molecule has 1 heterocycles. The van der Waals surface area contributed by atoms with E-state index in [2.05, 4.69) is 5.32 Å². The van der Waals surface area contributed by atoms with Crippen molar-refractivity contribution in [2.75, 3.05) is 18.2 Å². The van der Waals surface area contributed by atoms with Crippen molar-refractivity contribution in [2.24, 2.45) is 0 Å². The van der Waals surface area contributed by atoms with E-state index in [1.54, 1.807) is 30.0 Å². The lowest BCUT2D eigenvalue weighted by Crippen LogP contribution is -2.37. The van der Waals surface area contributed by atoms with E-state index in [-0.39, 0.29) is 5.56 Å². The SMILES string of the molecule is CCSc1cccc(NC(=O)[C@@H]2S[C@@](C)(C(F)(F)F)C[C@H]2c2ccc(F)c(F)c2OC)c1. The third-order valence-corrected chi connectivity index (χ3v) is 7.91. The number of carbonyl (C=O) groups excluding carboxylic acids is 1. The van der Waals surface area contributed by atoms with E-state index in [0.29, 0.717) is 17.4 Å². The van der Waals surface area contributed by atoms with Gasteiger partial charge in [-0.25, -0.2) is 4.39 Å². The number of rotatable bonds is 6. The summed E-state index contributed by atoms with van der Waals surface area (Å²) >= 11 is 2.04. The second-order valence-corrected chi connectivity index (χ2v) is 10.5. The largest absolute Gasteiger partial charge is 0.493 e. The number of carbonyl (C=O) groups is 1. The van der Waals surface area contributed by atoms with Crippen LogP contribution in [0.4, 0.5) is 27.6 Å². The molecule has 1 saturated heterocycles. The predicted octanol–water partition coefficient (Wildman–Crippen LogP) is 6.63. The molecule has 10 heteroatoms. The lowest BCUT2D eigenvalue weighted by molar-refractivity contribution is -0.155. The number of benzene rings is 2. The summed E-state index contributed by atoms with van der Waals surface area (Å²) in [6.07, 6.45) is -5.08. The van der Waals surface area contributed by atoms with Crippen LogP contribution in [0.2, 0.25) is 0 Å². The van der Waals surface area contributed by atoms with Crippen LogP contribution in [-0.2, 0) is 4.79 Å². The van der Waals surface area contributed by atoms with E-state index in [9.17, 15) is 26.7 Å². The molecular formula is C22H22F5NO2S2. The zero-order valence-corrected chi connectivity index (χ0v) is 19.2. The van der Waals surface area contributed by atoms with Crippen molar-refractivity contribution in [3.05, 3.63) is 53.6 Å². The highest BCUT2D eigenvalue weighted by molar-refractivity contribution is 8.02. The third kappa shape index (κ3) is 4.85. The first-order chi connectivity index (χ1) is 15.0. The van der Waals surface area contributed by atoms with E-state index in [1.165, 1.54) is 6.07 Å². The third-order valence-electron chi connectivity index (χ3n) is 5.32. The number of nitrogens with one attached hydrogen (secondary N) is 1. The number of thioether (sulfide) groups is 2. The van der Waals surface area contributed by atoms with Crippen LogP contribution in [0.3, 0.4) is 0 Å². The number of alkyl halides is 3. The van der Waals surface area contributed by atoms with Crippen LogP contribution in [0.25, 0.3) is 0 Å². The summed E-state index contributed by atoms with van der Waals surface area (Å²) < 4.78 is 72.3. The molecule has 32 heavy (non-hydrogen) atoms. The summed E-state index contributed by atoms with van der Waals surface area (Å²) in [5.41, 5.74) is 0.480. The fourth-order valence-corrected chi connectivity index (χ4v) is 5.98. The van der Waals surface area contributed by atoms with Gasteiger partial charge in [0.05, 0.1) is 12.4 Å². The summed E-state index contributed by atoms with van der Waals surface area (Å²) in [6, 6.07) is 9.01. The Kier molecular flexibility index (Phi) is 7.34. The highest BCUT2D eigenvalue weighted by atomic mass is 32.2. The lowest BCUT2D eigenvalue weighted by atomic mass is 9.85. The number of anilines is 1. The Balaban J connectivity index is 1.99. The van der Waals surface area contributed by atoms with Gasteiger partial charge in [-0.2, -0.15) is 17.6 Å². The molecule has 3 rings (SSSR count). The van der Waals surface area contributed by atoms with Crippen LogP contribution < -0.4 is 10.1 Å². The Morgan fingerprint density at radius 3 is 2.62 bits per heavy atom. The van der Waals surface area contributed by atoms with Crippen molar-refractivity contribution in [3.63, 3.8) is 0 Å². The molecule has 0 bridgehead atoms. The van der Waals surface area contributed by atoms with Crippen molar-refractivity contribution < 1.29 is 31.5 Å². The van der Waals surface area contributed by atoms with E-state index >= 15 is 0 Å². The molecule has 3 atom stereocenters. The molecular weight excluding hydrogens is 469 g/mol. The van der Waals surface area contributed by atoms with Crippen molar-refractivity contribution in [1.29, 1.82) is 0 Å². The van der Waals surface area contributed by atoms with Gasteiger partial charge in [0.25, 0.3) is 0 Å². The van der Waals surface area contributed by atoms with Gasteiger partial charge in [-0.05, 0) is 43.4 Å². The van der Waals surface area contributed by atoms with E-state index < -0.39 is 51.8 Å². The minimum Gasteiger partial charge on any atom is -0.493 e. The predicted molar refractivity (Wildman–Crippen MR) is 118 cm³/mol. The molecule has 1 aliphatic rings. The molecule has 0 aromatic heterocycles. The van der Waals surface area contributed by atoms with Crippen LogP contribution in [0.15, 0.2) is 41.3 Å². The van der Waals surface area contributed by atoms with Crippen molar-refractivity contribution in [2.45, 2.75) is 47.3 Å². The summed E-state index contributed by atoms with van der Waals surface area (Å²) in [7, 11) is 1.11. The van der Waals surface area contributed by atoms with Crippen molar-refractivity contribution >= 4 is 35.1 Å². The van der Waals surface area contributed by atoms with E-state index in [0.717, 1.165) is 30.7 Å². The first-order valence-electron chi connectivity index (χ1n) is 9.81. The molecule has 0 unspecified atom stereocenters. The number of hydrogen-bond acceptors (Lipinski definition) is 4. The van der Waals surface area contributed by atoms with Crippen LogP contribution in [0.5, 0.6) is 5.75 Å². The van der Waals surface area contributed by atoms with Crippen LogP contribution in [-0.4, -0.2) is 34.9 Å². The van der Waals surface area contributed by atoms with Gasteiger partial charge in [0.15, 0.2) is 11.6 Å². The Hall–Kier alpha value is -1.94. The zero-order chi connectivity index (χ0) is 23.7.